The number of halogens is 2. The molecule has 1 saturated carbocycles. The van der Waals surface area contributed by atoms with Crippen molar-refractivity contribution in [2.45, 2.75) is 44.6 Å². The van der Waals surface area contributed by atoms with Gasteiger partial charge in [0.05, 0.1) is 34.6 Å². The standard InChI is InChI=1S/C26H24F2N8O2/c1-25(2)15-6-8-26(25,23-14(15)10-18(33-34-23)22-16(27)4-3-5-17(22)28)19-7-9-29-24(32-19)36-13-31-20(35-36)11-30-21(38)12-37/h3-5,7,9-10,13,15,37H,6,8,11-12H2,1-2H3,(H,30,38)/t15-,26+/m0/s1. The molecule has 2 atom stereocenters. The van der Waals surface area contributed by atoms with Crippen molar-refractivity contribution in [3.05, 3.63) is 77.3 Å². The fraction of sp³-hybridized carbons (Fsp3) is 0.346. The van der Waals surface area contributed by atoms with Crippen LogP contribution in [0.5, 0.6) is 0 Å². The van der Waals surface area contributed by atoms with Crippen molar-refractivity contribution in [2.75, 3.05) is 6.61 Å². The Balaban J connectivity index is 1.40. The molecule has 0 unspecified atom stereocenters. The zero-order valence-corrected chi connectivity index (χ0v) is 20.7. The van der Waals surface area contributed by atoms with Gasteiger partial charge in [-0.2, -0.15) is 9.78 Å². The van der Waals surface area contributed by atoms with E-state index in [9.17, 15) is 13.6 Å². The lowest BCUT2D eigenvalue weighted by molar-refractivity contribution is -0.124. The average molecular weight is 519 g/mol. The highest BCUT2D eigenvalue weighted by molar-refractivity contribution is 5.76. The minimum Gasteiger partial charge on any atom is -0.387 e. The molecule has 38 heavy (non-hydrogen) atoms. The Bertz CT molecular complexity index is 1550. The van der Waals surface area contributed by atoms with E-state index in [4.69, 9.17) is 10.1 Å². The first-order chi connectivity index (χ1) is 18.3. The van der Waals surface area contributed by atoms with Crippen LogP contribution in [-0.4, -0.2) is 52.6 Å². The molecule has 1 aromatic carbocycles. The summed E-state index contributed by atoms with van der Waals surface area (Å²) in [6, 6.07) is 7.37. The van der Waals surface area contributed by atoms with Gasteiger partial charge in [0.25, 0.3) is 5.95 Å². The molecular formula is C26H24F2N8O2. The van der Waals surface area contributed by atoms with E-state index in [0.29, 0.717) is 11.8 Å². The normalized spacial score (nSPS) is 20.9. The summed E-state index contributed by atoms with van der Waals surface area (Å²) < 4.78 is 30.4. The molecule has 2 aliphatic carbocycles. The molecule has 3 heterocycles. The number of aliphatic hydroxyl groups is 1. The average Bonchev–Trinajstić information content (AvgIpc) is 3.55. The van der Waals surface area contributed by atoms with E-state index in [2.05, 4.69) is 44.4 Å². The SMILES string of the molecule is CC1(C)[C@H]2CC[C@@]1(c1ccnc(-n3cnc(CNC(=O)CO)n3)n1)c1nnc(-c3c(F)cccc3F)cc12. The van der Waals surface area contributed by atoms with E-state index in [-0.39, 0.29) is 29.1 Å². The number of nitrogens with zero attached hydrogens (tertiary/aromatic N) is 7. The van der Waals surface area contributed by atoms with E-state index in [0.717, 1.165) is 29.8 Å². The summed E-state index contributed by atoms with van der Waals surface area (Å²) in [5.74, 6) is -1.15. The van der Waals surface area contributed by atoms with Crippen molar-refractivity contribution < 1.29 is 18.7 Å². The van der Waals surface area contributed by atoms with Crippen molar-refractivity contribution in [3.8, 4) is 17.2 Å². The number of aliphatic hydroxyl groups excluding tert-OH is 1. The Morgan fingerprint density at radius 2 is 1.97 bits per heavy atom. The Morgan fingerprint density at radius 1 is 1.18 bits per heavy atom. The van der Waals surface area contributed by atoms with Crippen LogP contribution in [0, 0.1) is 17.0 Å². The van der Waals surface area contributed by atoms with Gasteiger partial charge in [0.1, 0.15) is 24.6 Å². The maximum Gasteiger partial charge on any atom is 0.252 e. The van der Waals surface area contributed by atoms with E-state index in [1.54, 1.807) is 12.3 Å². The van der Waals surface area contributed by atoms with Gasteiger partial charge in [0, 0.05) is 6.20 Å². The zero-order chi connectivity index (χ0) is 26.7. The molecule has 0 saturated heterocycles. The molecule has 10 nitrogen and oxygen atoms in total. The Morgan fingerprint density at radius 3 is 2.74 bits per heavy atom. The molecule has 1 fully saturated rings. The smallest absolute Gasteiger partial charge is 0.252 e. The third kappa shape index (κ3) is 3.43. The summed E-state index contributed by atoms with van der Waals surface area (Å²) in [4.78, 5) is 24.7. The number of amides is 1. The minimum absolute atomic E-state index is 0.0542. The number of rotatable bonds is 6. The highest BCUT2D eigenvalue weighted by Crippen LogP contribution is 2.69. The highest BCUT2D eigenvalue weighted by Gasteiger charge is 2.65. The fourth-order valence-electron chi connectivity index (χ4n) is 6.16. The van der Waals surface area contributed by atoms with Gasteiger partial charge in [-0.1, -0.05) is 19.9 Å². The van der Waals surface area contributed by atoms with E-state index >= 15 is 0 Å². The molecule has 194 valence electrons. The summed E-state index contributed by atoms with van der Waals surface area (Å²) in [6.07, 6.45) is 4.75. The van der Waals surface area contributed by atoms with Gasteiger partial charge < -0.3 is 10.4 Å². The van der Waals surface area contributed by atoms with E-state index < -0.39 is 29.6 Å². The molecule has 0 aliphatic heterocycles. The van der Waals surface area contributed by atoms with Crippen molar-refractivity contribution in [2.24, 2.45) is 5.41 Å². The summed E-state index contributed by atoms with van der Waals surface area (Å²) in [6.45, 7) is 3.76. The topological polar surface area (TPSA) is 132 Å². The fourth-order valence-corrected chi connectivity index (χ4v) is 6.16. The molecule has 2 aliphatic rings. The van der Waals surface area contributed by atoms with Gasteiger partial charge in [-0.05, 0) is 54.0 Å². The summed E-state index contributed by atoms with van der Waals surface area (Å²) in [7, 11) is 0. The third-order valence-corrected chi connectivity index (χ3v) is 8.01. The van der Waals surface area contributed by atoms with Crippen LogP contribution < -0.4 is 5.32 Å². The third-order valence-electron chi connectivity index (χ3n) is 8.01. The van der Waals surface area contributed by atoms with Crippen LogP contribution in [0.4, 0.5) is 8.78 Å². The first-order valence-corrected chi connectivity index (χ1v) is 12.2. The molecule has 0 radical (unpaired) electrons. The van der Waals surface area contributed by atoms with Gasteiger partial charge in [0.2, 0.25) is 5.91 Å². The van der Waals surface area contributed by atoms with Crippen LogP contribution in [0.2, 0.25) is 0 Å². The number of carbonyl (C=O) groups excluding carboxylic acids is 1. The summed E-state index contributed by atoms with van der Waals surface area (Å²) >= 11 is 0. The van der Waals surface area contributed by atoms with Gasteiger partial charge in [-0.25, -0.2) is 23.7 Å². The lowest BCUT2D eigenvalue weighted by Gasteiger charge is -2.37. The second-order valence-corrected chi connectivity index (χ2v) is 10.1. The second-order valence-electron chi connectivity index (χ2n) is 10.1. The zero-order valence-electron chi connectivity index (χ0n) is 20.7. The molecule has 3 aromatic heterocycles. The van der Waals surface area contributed by atoms with Gasteiger partial charge in [-0.3, -0.25) is 4.79 Å². The molecule has 2 bridgehead atoms. The van der Waals surface area contributed by atoms with Gasteiger partial charge in [-0.15, -0.1) is 10.2 Å². The number of carbonyl (C=O) groups is 1. The van der Waals surface area contributed by atoms with Crippen LogP contribution in [-0.2, 0) is 16.8 Å². The van der Waals surface area contributed by atoms with Crippen LogP contribution >= 0.6 is 0 Å². The quantitative estimate of drug-likeness (QED) is 0.398. The van der Waals surface area contributed by atoms with Crippen molar-refractivity contribution in [3.63, 3.8) is 0 Å². The first kappa shape index (κ1) is 24.2. The maximum absolute atomic E-state index is 14.5. The number of hydrogen-bond donors (Lipinski definition) is 2. The minimum atomic E-state index is -0.681. The Hall–Kier alpha value is -4.19. The Kier molecular flexibility index (Phi) is 5.53. The van der Waals surface area contributed by atoms with E-state index in [1.165, 1.54) is 29.2 Å². The number of nitrogens with one attached hydrogen (secondary N) is 1. The summed E-state index contributed by atoms with van der Waals surface area (Å²) in [5, 5.41) is 24.5. The molecule has 4 aromatic rings. The second kappa shape index (κ2) is 8.69. The van der Waals surface area contributed by atoms with Gasteiger partial charge >= 0.3 is 0 Å². The first-order valence-electron chi connectivity index (χ1n) is 12.2. The van der Waals surface area contributed by atoms with Gasteiger partial charge in [0.15, 0.2) is 5.82 Å². The molecule has 6 rings (SSSR count). The molecule has 0 spiro atoms. The largest absolute Gasteiger partial charge is 0.387 e. The molecule has 2 N–H and O–H groups in total. The van der Waals surface area contributed by atoms with Crippen molar-refractivity contribution >= 4 is 5.91 Å². The lowest BCUT2D eigenvalue weighted by atomic mass is 9.66. The predicted molar refractivity (Wildman–Crippen MR) is 130 cm³/mol. The number of benzene rings is 1. The lowest BCUT2D eigenvalue weighted by Crippen LogP contribution is -2.38. The summed E-state index contributed by atoms with van der Waals surface area (Å²) in [5.41, 5.74) is 1.54. The van der Waals surface area contributed by atoms with Crippen molar-refractivity contribution in [1.82, 2.24) is 40.2 Å². The molecule has 12 heteroatoms. The van der Waals surface area contributed by atoms with Crippen molar-refractivity contribution in [1.29, 1.82) is 0 Å². The monoisotopic (exact) mass is 518 g/mol. The molecule has 1 amide bonds. The maximum atomic E-state index is 14.5. The predicted octanol–water partition coefficient (Wildman–Crippen LogP) is 2.60. The van der Waals surface area contributed by atoms with Crippen LogP contribution in [0.3, 0.4) is 0 Å². The van der Waals surface area contributed by atoms with Crippen LogP contribution in [0.15, 0.2) is 42.9 Å². The Labute approximate surface area is 216 Å². The highest BCUT2D eigenvalue weighted by atomic mass is 19.1. The number of hydrogen-bond acceptors (Lipinski definition) is 8. The number of aromatic nitrogens is 7. The molecular weight excluding hydrogens is 494 g/mol. The van der Waals surface area contributed by atoms with Crippen LogP contribution in [0.1, 0.15) is 55.4 Å². The van der Waals surface area contributed by atoms with E-state index in [1.807, 2.05) is 6.07 Å². The van der Waals surface area contributed by atoms with Crippen LogP contribution in [0.25, 0.3) is 17.2 Å². The number of fused-ring (bicyclic) bond motifs is 5.